The molecule has 1 atom stereocenters. The number of hydrogen-bond acceptors (Lipinski definition) is 2. The number of rotatable bonds is 8. The molecule has 0 unspecified atom stereocenters. The van der Waals surface area contributed by atoms with Gasteiger partial charge in [-0.2, -0.15) is 0 Å². The second-order valence-corrected chi connectivity index (χ2v) is 6.97. The van der Waals surface area contributed by atoms with E-state index < -0.39 is 11.9 Å². The van der Waals surface area contributed by atoms with Crippen molar-refractivity contribution in [3.8, 4) is 0 Å². The van der Waals surface area contributed by atoms with Crippen LogP contribution in [0.4, 0.5) is 0 Å². The highest BCUT2D eigenvalue weighted by atomic mass is 16.2. The molecule has 0 saturated heterocycles. The van der Waals surface area contributed by atoms with Gasteiger partial charge in [-0.25, -0.2) is 0 Å². The van der Waals surface area contributed by atoms with E-state index >= 15 is 0 Å². The summed E-state index contributed by atoms with van der Waals surface area (Å²) in [4.78, 5) is 25.0. The largest absolute Gasteiger partial charge is 0.368 e. The Hall–Kier alpha value is -2.88. The van der Waals surface area contributed by atoms with E-state index in [1.165, 1.54) is 0 Å². The molecule has 0 spiro atoms. The molecular formula is C23H26N2O2. The standard InChI is InChI=1S/C23H26N2O2/c1-2-3-4-5-14-20(22(24)26)25-23(27)21-18-12-8-6-10-16(18)15-17-11-7-9-13-19(17)21/h6-13,15,20H,2-5,14H2,1H3,(H2,24,26)(H,25,27)/t20-/m1/s1. The first kappa shape index (κ1) is 18.9. The SMILES string of the molecule is CCCCCC[C@@H](NC(=O)c1c2ccccc2cc2ccccc12)C(N)=O. The van der Waals surface area contributed by atoms with Crippen LogP contribution in [0.25, 0.3) is 21.5 Å². The molecule has 0 aliphatic heterocycles. The molecule has 3 aromatic carbocycles. The van der Waals surface area contributed by atoms with Gasteiger partial charge in [0, 0.05) is 0 Å². The molecule has 140 valence electrons. The lowest BCUT2D eigenvalue weighted by Gasteiger charge is -2.17. The van der Waals surface area contributed by atoms with Crippen molar-refractivity contribution in [2.24, 2.45) is 5.73 Å². The fraction of sp³-hybridized carbons (Fsp3) is 0.304. The van der Waals surface area contributed by atoms with Crippen molar-refractivity contribution in [2.75, 3.05) is 0 Å². The summed E-state index contributed by atoms with van der Waals surface area (Å²) in [7, 11) is 0. The highest BCUT2D eigenvalue weighted by Gasteiger charge is 2.21. The molecule has 3 aromatic rings. The average Bonchev–Trinajstić information content (AvgIpc) is 2.68. The molecule has 0 bridgehead atoms. The molecular weight excluding hydrogens is 336 g/mol. The van der Waals surface area contributed by atoms with Crippen LogP contribution in [-0.4, -0.2) is 17.9 Å². The van der Waals surface area contributed by atoms with Crippen LogP contribution in [0.3, 0.4) is 0 Å². The fourth-order valence-electron chi connectivity index (χ4n) is 3.55. The van der Waals surface area contributed by atoms with E-state index in [2.05, 4.69) is 18.3 Å². The molecule has 0 aromatic heterocycles. The van der Waals surface area contributed by atoms with Crippen LogP contribution in [0.1, 0.15) is 49.4 Å². The van der Waals surface area contributed by atoms with Gasteiger partial charge in [0.1, 0.15) is 6.04 Å². The summed E-state index contributed by atoms with van der Waals surface area (Å²) in [5.41, 5.74) is 6.15. The molecule has 2 amide bonds. The van der Waals surface area contributed by atoms with Gasteiger partial charge in [-0.3, -0.25) is 9.59 Å². The Morgan fingerprint density at radius 1 is 0.926 bits per heavy atom. The Morgan fingerprint density at radius 2 is 1.52 bits per heavy atom. The summed E-state index contributed by atoms with van der Waals surface area (Å²) >= 11 is 0. The van der Waals surface area contributed by atoms with Crippen LogP contribution in [-0.2, 0) is 4.79 Å². The number of amides is 2. The highest BCUT2D eigenvalue weighted by Crippen LogP contribution is 2.28. The summed E-state index contributed by atoms with van der Waals surface area (Å²) in [5.74, 6) is -0.730. The van der Waals surface area contributed by atoms with Crippen molar-refractivity contribution in [3.05, 3.63) is 60.2 Å². The van der Waals surface area contributed by atoms with Crippen molar-refractivity contribution >= 4 is 33.4 Å². The average molecular weight is 362 g/mol. The van der Waals surface area contributed by atoms with Crippen LogP contribution < -0.4 is 11.1 Å². The molecule has 0 aliphatic carbocycles. The maximum atomic E-state index is 13.2. The predicted octanol–water partition coefficient (Wildman–Crippen LogP) is 4.55. The van der Waals surface area contributed by atoms with Gasteiger partial charge in [0.05, 0.1) is 5.56 Å². The minimum Gasteiger partial charge on any atom is -0.368 e. The Bertz CT molecular complexity index is 911. The number of fused-ring (bicyclic) bond motifs is 2. The number of nitrogens with one attached hydrogen (secondary N) is 1. The van der Waals surface area contributed by atoms with E-state index in [4.69, 9.17) is 5.73 Å². The molecule has 27 heavy (non-hydrogen) atoms. The van der Waals surface area contributed by atoms with Crippen molar-refractivity contribution < 1.29 is 9.59 Å². The first-order chi connectivity index (χ1) is 13.1. The van der Waals surface area contributed by atoms with E-state index in [1.807, 2.05) is 48.5 Å². The van der Waals surface area contributed by atoms with Crippen molar-refractivity contribution in [1.29, 1.82) is 0 Å². The molecule has 4 nitrogen and oxygen atoms in total. The maximum Gasteiger partial charge on any atom is 0.253 e. The summed E-state index contributed by atoms with van der Waals surface area (Å²) < 4.78 is 0. The lowest BCUT2D eigenvalue weighted by molar-refractivity contribution is -0.120. The number of primary amides is 1. The predicted molar refractivity (Wildman–Crippen MR) is 111 cm³/mol. The number of nitrogens with two attached hydrogens (primary N) is 1. The van der Waals surface area contributed by atoms with E-state index in [1.54, 1.807) is 0 Å². The van der Waals surface area contributed by atoms with Gasteiger partial charge in [0.25, 0.3) is 5.91 Å². The third kappa shape index (κ3) is 4.27. The van der Waals surface area contributed by atoms with E-state index in [-0.39, 0.29) is 5.91 Å². The first-order valence-corrected chi connectivity index (χ1v) is 9.62. The molecule has 0 radical (unpaired) electrons. The maximum absolute atomic E-state index is 13.2. The Kier molecular flexibility index (Phi) is 6.07. The monoisotopic (exact) mass is 362 g/mol. The molecule has 0 aliphatic rings. The number of carbonyl (C=O) groups excluding carboxylic acids is 2. The molecule has 0 fully saturated rings. The summed E-state index contributed by atoms with van der Waals surface area (Å²) in [5, 5.41) is 6.64. The van der Waals surface area contributed by atoms with Crippen LogP contribution in [0.5, 0.6) is 0 Å². The molecule has 3 N–H and O–H groups in total. The van der Waals surface area contributed by atoms with Crippen molar-refractivity contribution in [2.45, 2.75) is 45.1 Å². The van der Waals surface area contributed by atoms with Crippen LogP contribution in [0.2, 0.25) is 0 Å². The smallest absolute Gasteiger partial charge is 0.253 e. The highest BCUT2D eigenvalue weighted by molar-refractivity contribution is 6.18. The molecule has 0 saturated carbocycles. The summed E-state index contributed by atoms with van der Waals surface area (Å²) in [6, 6.07) is 17.1. The second kappa shape index (κ2) is 8.67. The quantitative estimate of drug-likeness (QED) is 0.456. The van der Waals surface area contributed by atoms with Crippen molar-refractivity contribution in [1.82, 2.24) is 5.32 Å². The zero-order valence-electron chi connectivity index (χ0n) is 15.7. The minimum absolute atomic E-state index is 0.248. The third-order valence-electron chi connectivity index (χ3n) is 4.99. The third-order valence-corrected chi connectivity index (χ3v) is 4.99. The zero-order valence-corrected chi connectivity index (χ0v) is 15.7. The van der Waals surface area contributed by atoms with Gasteiger partial charge in [-0.15, -0.1) is 0 Å². The van der Waals surface area contributed by atoms with Gasteiger partial charge < -0.3 is 11.1 Å². The lowest BCUT2D eigenvalue weighted by atomic mass is 9.96. The van der Waals surface area contributed by atoms with Crippen LogP contribution >= 0.6 is 0 Å². The second-order valence-electron chi connectivity index (χ2n) is 6.97. The van der Waals surface area contributed by atoms with Crippen LogP contribution in [0, 0.1) is 0 Å². The molecule has 3 rings (SSSR count). The number of carbonyl (C=O) groups is 2. The number of unbranched alkanes of at least 4 members (excludes halogenated alkanes) is 3. The van der Waals surface area contributed by atoms with Gasteiger partial charge in [0.15, 0.2) is 0 Å². The van der Waals surface area contributed by atoms with E-state index in [0.29, 0.717) is 12.0 Å². The normalized spacial score (nSPS) is 12.2. The Labute approximate surface area is 159 Å². The Morgan fingerprint density at radius 3 is 2.07 bits per heavy atom. The summed E-state index contributed by atoms with van der Waals surface area (Å²) in [6.07, 6.45) is 4.72. The van der Waals surface area contributed by atoms with E-state index in [0.717, 1.165) is 47.2 Å². The summed E-state index contributed by atoms with van der Waals surface area (Å²) in [6.45, 7) is 2.14. The van der Waals surface area contributed by atoms with Gasteiger partial charge in [0.2, 0.25) is 5.91 Å². The number of hydrogen-bond donors (Lipinski definition) is 2. The lowest BCUT2D eigenvalue weighted by Crippen LogP contribution is -2.44. The number of benzene rings is 3. The molecule has 4 heteroatoms. The fourth-order valence-corrected chi connectivity index (χ4v) is 3.55. The van der Waals surface area contributed by atoms with E-state index in [9.17, 15) is 9.59 Å². The van der Waals surface area contributed by atoms with Gasteiger partial charge >= 0.3 is 0 Å². The van der Waals surface area contributed by atoms with Gasteiger partial charge in [-0.1, -0.05) is 81.1 Å². The topological polar surface area (TPSA) is 72.2 Å². The van der Waals surface area contributed by atoms with Gasteiger partial charge in [-0.05, 0) is 34.0 Å². The zero-order chi connectivity index (χ0) is 19.2. The molecule has 0 heterocycles. The Balaban J connectivity index is 1.94. The van der Waals surface area contributed by atoms with Crippen LogP contribution in [0.15, 0.2) is 54.6 Å². The minimum atomic E-state index is -0.646. The first-order valence-electron chi connectivity index (χ1n) is 9.62. The van der Waals surface area contributed by atoms with Crippen molar-refractivity contribution in [3.63, 3.8) is 0 Å².